The Morgan fingerprint density at radius 3 is 2.33 bits per heavy atom. The van der Waals surface area contributed by atoms with Crippen molar-refractivity contribution in [2.24, 2.45) is 9.36 Å². The number of nitrogens with one attached hydrogen (secondary N) is 1. The fourth-order valence-corrected chi connectivity index (χ4v) is 3.57. The van der Waals surface area contributed by atoms with Crippen LogP contribution < -0.4 is 5.48 Å². The molecule has 0 saturated heterocycles. The standard InChI is InChI=1S/C18H18F3N3O2S/c1-12-3-9-15(10-4-12)27(2,25)22-11-13-5-7-14(8-6-13)16-23-17(26-24-16)18(19,20)21/h3-10,17H,11H2,1-2H3,(H,23,24). The molecule has 27 heavy (non-hydrogen) atoms. The summed E-state index contributed by atoms with van der Waals surface area (Å²) < 4.78 is 54.8. The Labute approximate surface area is 155 Å². The Balaban J connectivity index is 1.73. The van der Waals surface area contributed by atoms with Gasteiger partial charge in [0.05, 0.1) is 16.3 Å². The molecule has 2 aromatic carbocycles. The molecule has 9 heteroatoms. The number of halogens is 3. The van der Waals surface area contributed by atoms with Gasteiger partial charge in [-0.25, -0.2) is 23.9 Å². The highest BCUT2D eigenvalue weighted by molar-refractivity contribution is 7.93. The first-order valence-corrected chi connectivity index (χ1v) is 9.97. The number of hydrogen-bond donors (Lipinski definition) is 1. The highest BCUT2D eigenvalue weighted by Crippen LogP contribution is 2.26. The maximum atomic E-state index is 12.8. The second-order valence-electron chi connectivity index (χ2n) is 6.19. The Bertz CT molecular complexity index is 961. The molecule has 0 aliphatic carbocycles. The van der Waals surface area contributed by atoms with Crippen LogP contribution in [0.25, 0.3) is 0 Å². The number of aryl methyl sites for hydroxylation is 1. The molecule has 1 N–H and O–H groups in total. The van der Waals surface area contributed by atoms with E-state index in [1.807, 2.05) is 19.1 Å². The molecule has 144 valence electrons. The van der Waals surface area contributed by atoms with Gasteiger partial charge in [0.15, 0.2) is 5.84 Å². The quantitative estimate of drug-likeness (QED) is 0.853. The van der Waals surface area contributed by atoms with Crippen LogP contribution in [-0.4, -0.2) is 28.7 Å². The van der Waals surface area contributed by atoms with Crippen LogP contribution in [0.1, 0.15) is 16.7 Å². The van der Waals surface area contributed by atoms with Gasteiger partial charge in [-0.3, -0.25) is 0 Å². The van der Waals surface area contributed by atoms with Crippen LogP contribution in [-0.2, 0) is 21.1 Å². The first-order valence-electron chi connectivity index (χ1n) is 8.05. The molecule has 0 saturated carbocycles. The molecule has 0 radical (unpaired) electrons. The third-order valence-electron chi connectivity index (χ3n) is 3.97. The lowest BCUT2D eigenvalue weighted by atomic mass is 10.1. The van der Waals surface area contributed by atoms with E-state index in [1.165, 1.54) is 0 Å². The molecule has 0 fully saturated rings. The minimum atomic E-state index is -4.56. The van der Waals surface area contributed by atoms with Gasteiger partial charge in [0.2, 0.25) is 0 Å². The van der Waals surface area contributed by atoms with Gasteiger partial charge in [0, 0.05) is 16.7 Å². The van der Waals surface area contributed by atoms with Crippen molar-refractivity contribution < 1.29 is 22.2 Å². The molecule has 3 rings (SSSR count). The van der Waals surface area contributed by atoms with Gasteiger partial charge in [0.25, 0.3) is 6.23 Å². The second kappa shape index (κ2) is 7.32. The molecular weight excluding hydrogens is 379 g/mol. The number of rotatable bonds is 4. The zero-order valence-corrected chi connectivity index (χ0v) is 15.5. The third-order valence-corrected chi connectivity index (χ3v) is 5.74. The molecule has 1 aliphatic heterocycles. The van der Waals surface area contributed by atoms with E-state index in [1.54, 1.807) is 42.7 Å². The summed E-state index contributed by atoms with van der Waals surface area (Å²) in [7, 11) is -2.53. The van der Waals surface area contributed by atoms with Crippen molar-refractivity contribution >= 4 is 15.6 Å². The second-order valence-corrected chi connectivity index (χ2v) is 8.53. The number of benzene rings is 2. The predicted molar refractivity (Wildman–Crippen MR) is 96.7 cm³/mol. The highest BCUT2D eigenvalue weighted by Gasteiger charge is 2.44. The van der Waals surface area contributed by atoms with Crippen molar-refractivity contribution in [1.82, 2.24) is 5.48 Å². The van der Waals surface area contributed by atoms with E-state index < -0.39 is 22.1 Å². The molecule has 5 nitrogen and oxygen atoms in total. The maximum absolute atomic E-state index is 12.8. The first-order chi connectivity index (χ1) is 12.6. The summed E-state index contributed by atoms with van der Waals surface area (Å²) in [5.41, 5.74) is 4.51. The van der Waals surface area contributed by atoms with Gasteiger partial charge in [-0.1, -0.05) is 42.0 Å². The van der Waals surface area contributed by atoms with E-state index in [0.29, 0.717) is 10.5 Å². The maximum Gasteiger partial charge on any atom is 0.437 e. The Morgan fingerprint density at radius 1 is 1.15 bits per heavy atom. The van der Waals surface area contributed by atoms with E-state index in [2.05, 4.69) is 19.7 Å². The van der Waals surface area contributed by atoms with E-state index >= 15 is 0 Å². The number of aliphatic imine (C=N–C) groups is 1. The van der Waals surface area contributed by atoms with Gasteiger partial charge in [-0.05, 0) is 24.6 Å². The minimum absolute atomic E-state index is 0.0137. The van der Waals surface area contributed by atoms with Crippen molar-refractivity contribution in [3.05, 3.63) is 65.2 Å². The number of hydrogen-bond acceptors (Lipinski definition) is 5. The number of hydroxylamine groups is 1. The summed E-state index contributed by atoms with van der Waals surface area (Å²) in [5.74, 6) is 0.0137. The summed E-state index contributed by atoms with van der Waals surface area (Å²) in [6.07, 6.45) is -5.19. The molecule has 0 bridgehead atoms. The van der Waals surface area contributed by atoms with Gasteiger partial charge >= 0.3 is 6.18 Å². The largest absolute Gasteiger partial charge is 0.437 e. The lowest BCUT2D eigenvalue weighted by molar-refractivity contribution is -0.220. The van der Waals surface area contributed by atoms with E-state index in [-0.39, 0.29) is 12.4 Å². The summed E-state index contributed by atoms with van der Waals surface area (Å²) in [4.78, 5) is 8.57. The Morgan fingerprint density at radius 2 is 1.78 bits per heavy atom. The fourth-order valence-electron chi connectivity index (χ4n) is 2.39. The summed E-state index contributed by atoms with van der Waals surface area (Å²) in [5, 5.41) is 0. The smallest absolute Gasteiger partial charge is 0.246 e. The van der Waals surface area contributed by atoms with Crippen LogP contribution in [0, 0.1) is 6.92 Å². The Hall–Kier alpha value is -2.39. The monoisotopic (exact) mass is 397 g/mol. The summed E-state index contributed by atoms with van der Waals surface area (Å²) in [6.45, 7) is 2.18. The fraction of sp³-hybridized carbons (Fsp3) is 0.278. The van der Waals surface area contributed by atoms with Crippen LogP contribution in [0.15, 0.2) is 62.8 Å². The van der Waals surface area contributed by atoms with Crippen molar-refractivity contribution in [2.75, 3.05) is 6.26 Å². The molecule has 1 heterocycles. The SMILES string of the molecule is Cc1ccc(S(C)(=O)=NCc2ccc(C3=NC(C(F)(F)F)ON3)cc2)cc1. The molecule has 0 spiro atoms. The molecule has 2 aromatic rings. The number of alkyl halides is 3. The van der Waals surface area contributed by atoms with Crippen LogP contribution in [0.2, 0.25) is 0 Å². The molecule has 0 amide bonds. The lowest BCUT2D eigenvalue weighted by Crippen LogP contribution is -2.29. The van der Waals surface area contributed by atoms with E-state index in [9.17, 15) is 17.4 Å². The van der Waals surface area contributed by atoms with E-state index in [4.69, 9.17) is 0 Å². The highest BCUT2D eigenvalue weighted by atomic mass is 32.2. The topological polar surface area (TPSA) is 63.0 Å². The van der Waals surface area contributed by atoms with Gasteiger partial charge in [0.1, 0.15) is 0 Å². The van der Waals surface area contributed by atoms with Gasteiger partial charge in [-0.2, -0.15) is 13.2 Å². The number of amidine groups is 1. The first kappa shape index (κ1) is 19.4. The van der Waals surface area contributed by atoms with Crippen molar-refractivity contribution in [3.8, 4) is 0 Å². The summed E-state index contributed by atoms with van der Waals surface area (Å²) >= 11 is 0. The van der Waals surface area contributed by atoms with Crippen molar-refractivity contribution in [3.63, 3.8) is 0 Å². The lowest BCUT2D eigenvalue weighted by Gasteiger charge is -2.08. The molecular formula is C18H18F3N3O2S. The van der Waals surface area contributed by atoms with Gasteiger partial charge < -0.3 is 0 Å². The molecule has 2 unspecified atom stereocenters. The third kappa shape index (κ3) is 4.67. The molecule has 1 aliphatic rings. The van der Waals surface area contributed by atoms with Crippen LogP contribution >= 0.6 is 0 Å². The van der Waals surface area contributed by atoms with Crippen LogP contribution in [0.3, 0.4) is 0 Å². The average Bonchev–Trinajstić information content (AvgIpc) is 3.11. The number of nitrogens with zero attached hydrogens (tertiary/aromatic N) is 2. The average molecular weight is 397 g/mol. The van der Waals surface area contributed by atoms with Crippen LogP contribution in [0.5, 0.6) is 0 Å². The van der Waals surface area contributed by atoms with Crippen LogP contribution in [0.4, 0.5) is 13.2 Å². The zero-order chi connectivity index (χ0) is 19.7. The molecule has 0 aromatic heterocycles. The van der Waals surface area contributed by atoms with Crippen molar-refractivity contribution in [2.45, 2.75) is 30.8 Å². The van der Waals surface area contributed by atoms with Gasteiger partial charge in [-0.15, -0.1) is 0 Å². The molecule has 2 atom stereocenters. The normalized spacial score (nSPS) is 19.1. The van der Waals surface area contributed by atoms with Crippen molar-refractivity contribution in [1.29, 1.82) is 0 Å². The minimum Gasteiger partial charge on any atom is -0.246 e. The summed E-state index contributed by atoms with van der Waals surface area (Å²) in [6, 6.07) is 14.0. The predicted octanol–water partition coefficient (Wildman–Crippen LogP) is 3.82. The Kier molecular flexibility index (Phi) is 5.25. The van der Waals surface area contributed by atoms with E-state index in [0.717, 1.165) is 11.1 Å². The zero-order valence-electron chi connectivity index (χ0n) is 14.7.